The molecule has 57 heavy (non-hydrogen) atoms. The lowest BCUT2D eigenvalue weighted by molar-refractivity contribution is -0.146. The van der Waals surface area contributed by atoms with Crippen molar-refractivity contribution in [3.05, 3.63) is 144 Å². The molecular weight excluding hydrogens is 727 g/mol. The van der Waals surface area contributed by atoms with Crippen LogP contribution >= 0.6 is 0 Å². The molecule has 6 aromatic rings. The zero-order chi connectivity index (χ0) is 39.8. The van der Waals surface area contributed by atoms with Gasteiger partial charge >= 0.3 is 5.97 Å². The lowest BCUT2D eigenvalue weighted by Gasteiger charge is -2.37. The number of hydrogen-bond acceptors (Lipinski definition) is 12. The number of benzene rings is 4. The molecule has 1 aliphatic rings. The summed E-state index contributed by atoms with van der Waals surface area (Å²) in [6, 6.07) is 33.2. The summed E-state index contributed by atoms with van der Waals surface area (Å²) in [4.78, 5) is 36.8. The molecule has 0 unspecified atom stereocenters. The van der Waals surface area contributed by atoms with Gasteiger partial charge in [0.25, 0.3) is 0 Å². The van der Waals surface area contributed by atoms with Crippen molar-refractivity contribution in [2.24, 2.45) is 0 Å². The van der Waals surface area contributed by atoms with Crippen LogP contribution in [0.25, 0.3) is 11.2 Å². The van der Waals surface area contributed by atoms with Crippen LogP contribution < -0.4 is 14.8 Å². The average Bonchev–Trinajstić information content (AvgIpc) is 3.85. The first-order valence-corrected chi connectivity index (χ1v) is 18.7. The Hall–Kier alpha value is -6.15. The van der Waals surface area contributed by atoms with Crippen LogP contribution in [0.15, 0.2) is 116 Å². The predicted octanol–water partition coefficient (Wildman–Crippen LogP) is 6.53. The first-order chi connectivity index (χ1) is 27.8. The van der Waals surface area contributed by atoms with Crippen molar-refractivity contribution in [3.8, 4) is 11.5 Å². The number of hydrogen-bond donors (Lipinski definition) is 2. The van der Waals surface area contributed by atoms with Gasteiger partial charge in [-0.15, -0.1) is 0 Å². The van der Waals surface area contributed by atoms with Crippen LogP contribution in [0.1, 0.15) is 60.2 Å². The largest absolute Gasteiger partial charge is 0.497 e. The average molecular weight is 772 g/mol. The highest BCUT2D eigenvalue weighted by molar-refractivity contribution is 5.83. The van der Waals surface area contributed by atoms with Gasteiger partial charge in [0.15, 0.2) is 17.0 Å². The third-order valence-corrected chi connectivity index (χ3v) is 10.0. The number of carbonyl (C=O) groups excluding carboxylic acids is 2. The number of methoxy groups -OCH3 is 2. The molecule has 0 radical (unpaired) electrons. The SMILES string of the molecule is COc1ccc(C(OC[C@H]2O[C@@H](n3cnc4c(NCc5cccc(COC(=O)CCC(C)=O)c5)ncnc43)C[C@@H]2O)(c2ccccc2)c2ccc(OC)cc2)cc1. The number of Topliss-reactive ketones (excluding diaryl/α,β-unsaturated/α-hetero) is 1. The van der Waals surface area contributed by atoms with Crippen LogP contribution in [0, 0.1) is 0 Å². The summed E-state index contributed by atoms with van der Waals surface area (Å²) in [7, 11) is 3.26. The summed E-state index contributed by atoms with van der Waals surface area (Å²) in [5.74, 6) is 1.51. The molecule has 0 saturated carbocycles. The van der Waals surface area contributed by atoms with Crippen molar-refractivity contribution < 1.29 is 38.4 Å². The number of rotatable bonds is 17. The number of aliphatic hydroxyl groups excluding tert-OH is 1. The van der Waals surface area contributed by atoms with Crippen molar-refractivity contribution in [1.29, 1.82) is 0 Å². The zero-order valence-electron chi connectivity index (χ0n) is 32.0. The van der Waals surface area contributed by atoms with Crippen molar-refractivity contribution in [1.82, 2.24) is 19.5 Å². The summed E-state index contributed by atoms with van der Waals surface area (Å²) in [5.41, 5.74) is 4.44. The quantitative estimate of drug-likeness (QED) is 0.0766. The summed E-state index contributed by atoms with van der Waals surface area (Å²) in [6.07, 6.45) is 1.56. The van der Waals surface area contributed by atoms with E-state index in [1.807, 2.05) is 108 Å². The van der Waals surface area contributed by atoms with E-state index < -0.39 is 30.0 Å². The lowest BCUT2D eigenvalue weighted by Crippen LogP contribution is -2.38. The number of nitrogens with one attached hydrogen (secondary N) is 1. The van der Waals surface area contributed by atoms with E-state index in [2.05, 4.69) is 20.3 Å². The van der Waals surface area contributed by atoms with Gasteiger partial charge in [-0.25, -0.2) is 15.0 Å². The molecule has 13 nitrogen and oxygen atoms in total. The molecule has 3 heterocycles. The fourth-order valence-corrected chi connectivity index (χ4v) is 7.04. The summed E-state index contributed by atoms with van der Waals surface area (Å²) in [6.45, 7) is 2.05. The van der Waals surface area contributed by atoms with E-state index in [1.54, 1.807) is 20.5 Å². The Bertz CT molecular complexity index is 2230. The third-order valence-electron chi connectivity index (χ3n) is 10.0. The van der Waals surface area contributed by atoms with Gasteiger partial charge in [-0.3, -0.25) is 9.36 Å². The highest BCUT2D eigenvalue weighted by Gasteiger charge is 2.42. The molecule has 7 rings (SSSR count). The molecule has 13 heteroatoms. The molecule has 2 aromatic heterocycles. The molecular formula is C44H45N5O8. The second kappa shape index (κ2) is 17.8. The van der Waals surface area contributed by atoms with Gasteiger partial charge in [0.1, 0.15) is 48.1 Å². The van der Waals surface area contributed by atoms with Crippen molar-refractivity contribution >= 4 is 28.7 Å². The molecule has 1 saturated heterocycles. The smallest absolute Gasteiger partial charge is 0.306 e. The standard InChI is InChI=1S/C44H45N5O8/c1-29(50)12-21-40(52)55-25-31-9-7-8-30(22-31)24-45-42-41-43(47-27-46-42)49(28-48-41)39-23-37(51)38(57-39)26-56-44(32-10-5-4-6-11-32,33-13-17-35(53-2)18-14-33)34-15-19-36(54-3)20-16-34/h4-11,13-20,22,27-28,37-39,51H,12,21,23-26H2,1-3H3,(H,45,46,47)/t37-,38+,39+/m0/s1. The summed E-state index contributed by atoms with van der Waals surface area (Å²) in [5, 5.41) is 14.8. The van der Waals surface area contributed by atoms with E-state index in [0.29, 0.717) is 29.9 Å². The summed E-state index contributed by atoms with van der Waals surface area (Å²) < 4.78 is 31.7. The predicted molar refractivity (Wildman–Crippen MR) is 212 cm³/mol. The number of fused-ring (bicyclic) bond motifs is 1. The number of ketones is 1. The van der Waals surface area contributed by atoms with Crippen LogP contribution in [-0.4, -0.2) is 69.4 Å². The van der Waals surface area contributed by atoms with Gasteiger partial charge in [0.05, 0.1) is 39.7 Å². The molecule has 3 atom stereocenters. The number of esters is 1. The van der Waals surface area contributed by atoms with E-state index in [-0.39, 0.29) is 31.8 Å². The second-order valence-electron chi connectivity index (χ2n) is 13.8. The fraction of sp³-hybridized carbons (Fsp3) is 0.295. The number of ether oxygens (including phenoxy) is 5. The summed E-state index contributed by atoms with van der Waals surface area (Å²) >= 11 is 0. The maximum Gasteiger partial charge on any atom is 0.306 e. The molecule has 1 fully saturated rings. The highest BCUT2D eigenvalue weighted by atomic mass is 16.6. The van der Waals surface area contributed by atoms with E-state index in [9.17, 15) is 14.7 Å². The molecule has 0 spiro atoms. The number of nitrogens with zero attached hydrogens (tertiary/aromatic N) is 4. The van der Waals surface area contributed by atoms with Crippen LogP contribution in [0.3, 0.4) is 0 Å². The molecule has 0 bridgehead atoms. The third kappa shape index (κ3) is 8.81. The van der Waals surface area contributed by atoms with E-state index in [1.165, 1.54) is 13.3 Å². The maximum absolute atomic E-state index is 12.0. The first kappa shape index (κ1) is 39.1. The van der Waals surface area contributed by atoms with Crippen molar-refractivity contribution in [3.63, 3.8) is 0 Å². The first-order valence-electron chi connectivity index (χ1n) is 18.7. The van der Waals surface area contributed by atoms with E-state index in [0.717, 1.165) is 39.3 Å². The normalized spacial score (nSPS) is 16.7. The van der Waals surface area contributed by atoms with E-state index in [4.69, 9.17) is 23.7 Å². The van der Waals surface area contributed by atoms with Crippen molar-refractivity contribution in [2.45, 2.75) is 63.4 Å². The number of imidazole rings is 1. The van der Waals surface area contributed by atoms with Gasteiger partial charge in [0.2, 0.25) is 0 Å². The molecule has 0 amide bonds. The molecule has 0 aliphatic carbocycles. The Morgan fingerprint density at radius 1 is 0.842 bits per heavy atom. The van der Waals surface area contributed by atoms with Crippen LogP contribution in [0.2, 0.25) is 0 Å². The number of aromatic nitrogens is 4. The van der Waals surface area contributed by atoms with Crippen LogP contribution in [0.4, 0.5) is 5.82 Å². The van der Waals surface area contributed by atoms with Crippen LogP contribution in [0.5, 0.6) is 11.5 Å². The number of anilines is 1. The topological polar surface area (TPSA) is 156 Å². The minimum atomic E-state index is -1.07. The van der Waals surface area contributed by atoms with Gasteiger partial charge in [-0.05, 0) is 59.0 Å². The Balaban J connectivity index is 1.08. The lowest BCUT2D eigenvalue weighted by atomic mass is 9.80. The molecule has 4 aromatic carbocycles. The fourth-order valence-electron chi connectivity index (χ4n) is 7.04. The van der Waals surface area contributed by atoms with Gasteiger partial charge in [-0.2, -0.15) is 0 Å². The van der Waals surface area contributed by atoms with Gasteiger partial charge < -0.3 is 38.9 Å². The zero-order valence-corrected chi connectivity index (χ0v) is 32.0. The minimum Gasteiger partial charge on any atom is -0.497 e. The molecule has 1 aliphatic heterocycles. The highest BCUT2D eigenvalue weighted by Crippen LogP contribution is 2.43. The van der Waals surface area contributed by atoms with Crippen molar-refractivity contribution in [2.75, 3.05) is 26.1 Å². The number of carbonyl (C=O) groups is 2. The van der Waals surface area contributed by atoms with Gasteiger partial charge in [-0.1, -0.05) is 78.9 Å². The Labute approximate surface area is 330 Å². The Morgan fingerprint density at radius 2 is 1.51 bits per heavy atom. The van der Waals surface area contributed by atoms with E-state index >= 15 is 0 Å². The molecule has 294 valence electrons. The second-order valence-corrected chi connectivity index (χ2v) is 13.8. The number of aliphatic hydroxyl groups is 1. The van der Waals surface area contributed by atoms with Crippen LogP contribution in [-0.2, 0) is 42.6 Å². The molecule has 2 N–H and O–H groups in total. The minimum absolute atomic E-state index is 0.0519. The maximum atomic E-state index is 12.0. The monoisotopic (exact) mass is 771 g/mol. The van der Waals surface area contributed by atoms with Gasteiger partial charge in [0, 0.05) is 19.4 Å². The Morgan fingerprint density at radius 3 is 2.18 bits per heavy atom. The Kier molecular flexibility index (Phi) is 12.2.